The molecule has 12 heteroatoms. The Balaban J connectivity index is 0.0000116. The Morgan fingerprint density at radius 3 is 2.40 bits per heavy atom. The SMILES string of the molecule is C/C=C(\C)C1CC(N=[N+]=[N-])C(O)CCCC(C)C(OP)[C@@H](C)C(=O)C(C)(C)C(OP)CC(=O)O1.[V]. The van der Waals surface area contributed by atoms with Crippen LogP contribution in [0.1, 0.15) is 73.6 Å². The molecule has 9 atom stereocenters. The van der Waals surface area contributed by atoms with E-state index in [4.69, 9.17) is 19.3 Å². The summed E-state index contributed by atoms with van der Waals surface area (Å²) in [6.45, 7) is 11.0. The van der Waals surface area contributed by atoms with Gasteiger partial charge >= 0.3 is 5.97 Å². The zero-order valence-corrected chi connectivity index (χ0v) is 25.3. The van der Waals surface area contributed by atoms with Gasteiger partial charge in [-0.25, -0.2) is 0 Å². The fourth-order valence-corrected chi connectivity index (χ4v) is 5.50. The Labute approximate surface area is 226 Å². The molecule has 35 heavy (non-hydrogen) atoms. The summed E-state index contributed by atoms with van der Waals surface area (Å²) in [7, 11) is 4.41. The molecular weight excluding hydrogens is 527 g/mol. The Morgan fingerprint density at radius 1 is 1.26 bits per heavy atom. The number of ketones is 1. The van der Waals surface area contributed by atoms with E-state index in [9.17, 15) is 14.7 Å². The Bertz CT molecular complexity index is 778. The van der Waals surface area contributed by atoms with Crippen molar-refractivity contribution in [2.45, 2.75) is 104 Å². The molecule has 0 amide bonds. The first-order valence-electron chi connectivity index (χ1n) is 11.7. The molecule has 1 rings (SSSR count). The van der Waals surface area contributed by atoms with Crippen LogP contribution in [0, 0.1) is 17.3 Å². The van der Waals surface area contributed by atoms with Crippen molar-refractivity contribution < 1.29 is 47.0 Å². The molecule has 199 valence electrons. The number of ether oxygens (including phenoxy) is 1. The summed E-state index contributed by atoms with van der Waals surface area (Å²) in [6.07, 6.45) is 0.942. The maximum absolute atomic E-state index is 13.5. The fourth-order valence-electron chi connectivity index (χ4n) is 4.56. The van der Waals surface area contributed by atoms with Gasteiger partial charge in [-0.2, -0.15) is 0 Å². The number of hydrogen-bond acceptors (Lipinski definition) is 7. The Kier molecular flexibility index (Phi) is 16.1. The maximum Gasteiger partial charge on any atom is 0.309 e. The molecule has 1 heterocycles. The number of rotatable bonds is 4. The maximum atomic E-state index is 13.5. The zero-order chi connectivity index (χ0) is 26.1. The first-order chi connectivity index (χ1) is 15.9. The second-order valence-electron chi connectivity index (χ2n) is 9.80. The van der Waals surface area contributed by atoms with Crippen molar-refractivity contribution in [3.8, 4) is 0 Å². The Hall–Kier alpha value is -0.486. The van der Waals surface area contributed by atoms with Gasteiger partial charge in [-0.1, -0.05) is 45.3 Å². The van der Waals surface area contributed by atoms with E-state index in [2.05, 4.69) is 29.0 Å². The number of Topliss-reactive ketones (excluding diaryl/α,β-unsaturated/α-hetero) is 1. The van der Waals surface area contributed by atoms with Gasteiger partial charge in [-0.05, 0) is 50.1 Å². The summed E-state index contributed by atoms with van der Waals surface area (Å²) < 4.78 is 16.9. The number of allylic oxidation sites excluding steroid dienone is 1. The number of esters is 1. The quantitative estimate of drug-likeness (QED) is 0.126. The van der Waals surface area contributed by atoms with E-state index in [-0.39, 0.29) is 49.2 Å². The average molecular weight is 568 g/mol. The summed E-state index contributed by atoms with van der Waals surface area (Å²) in [5, 5.41) is 14.6. The first-order valence-corrected chi connectivity index (χ1v) is 12.7. The molecule has 1 saturated heterocycles. The van der Waals surface area contributed by atoms with Gasteiger partial charge in [0.05, 0.1) is 36.2 Å². The Morgan fingerprint density at radius 2 is 1.89 bits per heavy atom. The van der Waals surface area contributed by atoms with Crippen molar-refractivity contribution in [2.24, 2.45) is 22.4 Å². The molecule has 0 aliphatic carbocycles. The van der Waals surface area contributed by atoms with Crippen LogP contribution in [-0.4, -0.2) is 47.3 Å². The summed E-state index contributed by atoms with van der Waals surface area (Å²) in [4.78, 5) is 29.3. The molecule has 0 bridgehead atoms. The summed E-state index contributed by atoms with van der Waals surface area (Å²) >= 11 is 0. The minimum Gasteiger partial charge on any atom is -0.458 e. The van der Waals surface area contributed by atoms with Crippen LogP contribution in [0.5, 0.6) is 0 Å². The van der Waals surface area contributed by atoms with Gasteiger partial charge < -0.3 is 18.9 Å². The van der Waals surface area contributed by atoms with Crippen LogP contribution in [0.4, 0.5) is 0 Å². The predicted octanol–water partition coefficient (Wildman–Crippen LogP) is 5.08. The second-order valence-corrected chi connectivity index (χ2v) is 10.3. The number of nitrogens with zero attached hydrogens (tertiary/aromatic N) is 3. The van der Waals surface area contributed by atoms with Gasteiger partial charge in [0.1, 0.15) is 11.9 Å². The summed E-state index contributed by atoms with van der Waals surface area (Å²) in [5.74, 6) is -1.03. The van der Waals surface area contributed by atoms with Crippen LogP contribution in [0.2, 0.25) is 0 Å². The third-order valence-corrected chi connectivity index (χ3v) is 7.72. The monoisotopic (exact) mass is 568 g/mol. The van der Waals surface area contributed by atoms with Gasteiger partial charge in [0.25, 0.3) is 0 Å². The van der Waals surface area contributed by atoms with Crippen LogP contribution in [0.3, 0.4) is 0 Å². The van der Waals surface area contributed by atoms with E-state index in [1.165, 1.54) is 0 Å². The minimum absolute atomic E-state index is 0. The molecule has 0 spiro atoms. The number of carbonyl (C=O) groups excluding carboxylic acids is 2. The summed E-state index contributed by atoms with van der Waals surface area (Å²) in [6, 6.07) is -0.750. The predicted molar refractivity (Wildman–Crippen MR) is 138 cm³/mol. The normalized spacial score (nSPS) is 33.7. The number of cyclic esters (lactones) is 1. The third-order valence-electron chi connectivity index (χ3n) is 7.08. The van der Waals surface area contributed by atoms with E-state index in [1.807, 2.05) is 33.8 Å². The molecule has 9 nitrogen and oxygen atoms in total. The van der Waals surface area contributed by atoms with E-state index >= 15 is 0 Å². The van der Waals surface area contributed by atoms with Crippen molar-refractivity contribution in [1.29, 1.82) is 0 Å². The molecule has 8 unspecified atom stereocenters. The minimum atomic E-state index is -0.979. The fraction of sp³-hybridized carbons (Fsp3) is 0.826. The first kappa shape index (κ1) is 34.5. The molecule has 0 aromatic rings. The topological polar surface area (TPSA) is 131 Å². The molecule has 0 aromatic carbocycles. The van der Waals surface area contributed by atoms with E-state index in [0.29, 0.717) is 19.3 Å². The van der Waals surface area contributed by atoms with Crippen molar-refractivity contribution in [3.05, 3.63) is 22.1 Å². The molecule has 1 fully saturated rings. The van der Waals surface area contributed by atoms with E-state index < -0.39 is 41.7 Å². The van der Waals surface area contributed by atoms with Crippen LogP contribution in [0.15, 0.2) is 16.8 Å². The number of hydrogen-bond donors (Lipinski definition) is 1. The van der Waals surface area contributed by atoms with Gasteiger partial charge in [0.15, 0.2) is 0 Å². The third kappa shape index (κ3) is 9.72. The number of aliphatic hydroxyl groups excluding tert-OH is 1. The molecule has 1 aliphatic heterocycles. The van der Waals surface area contributed by atoms with Crippen molar-refractivity contribution >= 4 is 30.7 Å². The van der Waals surface area contributed by atoms with Crippen molar-refractivity contribution in [2.75, 3.05) is 0 Å². The zero-order valence-electron chi connectivity index (χ0n) is 21.6. The van der Waals surface area contributed by atoms with Gasteiger partial charge in [0.2, 0.25) is 0 Å². The van der Waals surface area contributed by atoms with Gasteiger partial charge in [-0.3, -0.25) is 9.59 Å². The van der Waals surface area contributed by atoms with Crippen LogP contribution in [-0.2, 0) is 41.9 Å². The largest absolute Gasteiger partial charge is 0.458 e. The number of carbonyl (C=O) groups is 2. The van der Waals surface area contributed by atoms with E-state index in [0.717, 1.165) is 5.57 Å². The molecule has 0 aromatic heterocycles. The van der Waals surface area contributed by atoms with Crippen LogP contribution >= 0.6 is 18.9 Å². The summed E-state index contributed by atoms with van der Waals surface area (Å²) in [5.41, 5.74) is 8.85. The molecular formula is C23H41N3O6P2V. The molecule has 0 saturated carbocycles. The van der Waals surface area contributed by atoms with Crippen molar-refractivity contribution in [1.82, 2.24) is 0 Å². The van der Waals surface area contributed by atoms with Gasteiger partial charge in [0, 0.05) is 48.3 Å². The number of azide groups is 1. The van der Waals surface area contributed by atoms with Crippen LogP contribution < -0.4 is 0 Å². The molecule has 1 radical (unpaired) electrons. The van der Waals surface area contributed by atoms with E-state index in [1.54, 1.807) is 13.8 Å². The standard InChI is InChI=1S/C23H41N3O6P2.V/c1-7-13(2)18-11-16(25-26-24)17(27)10-8-9-14(3)21(32-34)15(4)22(29)23(5,6)19(31-33)12-20(28)30-18;/h7,14-19,21,27H,8-12,33-34H2,1-6H3;/b13-7+;/t14?,15-,16?,17?,18?,19?,21?;/m1./s1. The van der Waals surface area contributed by atoms with Crippen LogP contribution in [0.25, 0.3) is 10.4 Å². The molecule has 1 N–H and O–H groups in total. The number of aliphatic hydroxyl groups is 1. The van der Waals surface area contributed by atoms with Gasteiger partial charge in [-0.15, -0.1) is 0 Å². The average Bonchev–Trinajstić information content (AvgIpc) is 2.79. The second kappa shape index (κ2) is 16.4. The van der Waals surface area contributed by atoms with Crippen molar-refractivity contribution in [3.63, 3.8) is 0 Å². The molecule has 1 aliphatic rings. The smallest absolute Gasteiger partial charge is 0.309 e.